The predicted octanol–water partition coefficient (Wildman–Crippen LogP) is 1.95. The van der Waals surface area contributed by atoms with Gasteiger partial charge in [0.1, 0.15) is 0 Å². The molecule has 0 unspecified atom stereocenters. The Morgan fingerprint density at radius 2 is 1.67 bits per heavy atom. The lowest BCUT2D eigenvalue weighted by Crippen LogP contribution is -2.52. The molecule has 0 aliphatic heterocycles. The first kappa shape index (κ1) is 14.9. The van der Waals surface area contributed by atoms with E-state index in [4.69, 9.17) is 0 Å². The zero-order valence-electron chi connectivity index (χ0n) is 11.8. The molecule has 0 spiro atoms. The van der Waals surface area contributed by atoms with E-state index >= 15 is 0 Å². The summed E-state index contributed by atoms with van der Waals surface area (Å²) < 4.78 is 28.3. The second-order valence-electron chi connectivity index (χ2n) is 6.04. The van der Waals surface area contributed by atoms with Gasteiger partial charge < -0.3 is 0 Å². The van der Waals surface area contributed by atoms with Crippen LogP contribution in [0.3, 0.4) is 0 Å². The third-order valence-corrected chi connectivity index (χ3v) is 2.96. The lowest BCUT2D eigenvalue weighted by molar-refractivity contribution is -0.0593. The number of hydrogen-bond acceptors (Lipinski definition) is 4. The number of tetrazole rings is 1. The summed E-state index contributed by atoms with van der Waals surface area (Å²) in [6, 6.07) is 0. The van der Waals surface area contributed by atoms with Crippen molar-refractivity contribution >= 4 is 0 Å². The third-order valence-electron chi connectivity index (χ3n) is 2.96. The first-order valence-electron chi connectivity index (χ1n) is 5.86. The molecule has 1 rings (SSSR count). The van der Waals surface area contributed by atoms with Crippen LogP contribution in [0, 0.1) is 0 Å². The van der Waals surface area contributed by atoms with E-state index in [0.29, 0.717) is 5.82 Å². The van der Waals surface area contributed by atoms with E-state index in [1.807, 2.05) is 20.8 Å². The van der Waals surface area contributed by atoms with Crippen molar-refractivity contribution in [2.75, 3.05) is 0 Å². The van der Waals surface area contributed by atoms with E-state index in [0.717, 1.165) is 6.92 Å². The average molecular weight is 261 g/mol. The maximum atomic E-state index is 13.3. The number of aromatic nitrogens is 4. The number of halogens is 2. The molecule has 0 saturated carbocycles. The number of nitrogens with zero attached hydrogens (tertiary/aromatic N) is 4. The Bertz CT molecular complexity index is 400. The molecule has 0 aromatic carbocycles. The normalized spacial score (nSPS) is 14.0. The van der Waals surface area contributed by atoms with Crippen LogP contribution in [0.4, 0.5) is 8.78 Å². The highest BCUT2D eigenvalue weighted by atomic mass is 19.3. The lowest BCUT2D eigenvalue weighted by atomic mass is 9.97. The predicted molar refractivity (Wildman–Crippen MR) is 64.4 cm³/mol. The van der Waals surface area contributed by atoms with Gasteiger partial charge in [0.2, 0.25) is 0 Å². The highest BCUT2D eigenvalue weighted by Gasteiger charge is 2.41. The first-order chi connectivity index (χ1) is 7.95. The summed E-state index contributed by atoms with van der Waals surface area (Å²) in [6.45, 7) is 9.86. The zero-order chi connectivity index (χ0) is 14.2. The molecule has 0 aliphatic rings. The van der Waals surface area contributed by atoms with Gasteiger partial charge in [-0.2, -0.15) is 0 Å². The molecule has 104 valence electrons. The lowest BCUT2D eigenvalue weighted by Gasteiger charge is -2.32. The number of alkyl halides is 2. The fourth-order valence-electron chi connectivity index (χ4n) is 1.29. The Balaban J connectivity index is 2.80. The van der Waals surface area contributed by atoms with Crippen LogP contribution >= 0.6 is 0 Å². The SMILES string of the molecule is CC(C)(C)n1nnnc1CNC(C)(C)C(C)(F)F. The Labute approximate surface area is 106 Å². The van der Waals surface area contributed by atoms with Gasteiger partial charge in [-0.3, -0.25) is 5.32 Å². The fraction of sp³-hybridized carbons (Fsp3) is 0.909. The van der Waals surface area contributed by atoms with Crippen molar-refractivity contribution < 1.29 is 8.78 Å². The van der Waals surface area contributed by atoms with Gasteiger partial charge in [0.25, 0.3) is 5.92 Å². The zero-order valence-corrected chi connectivity index (χ0v) is 11.8. The minimum atomic E-state index is -2.83. The van der Waals surface area contributed by atoms with Gasteiger partial charge in [0.05, 0.1) is 17.6 Å². The summed E-state index contributed by atoms with van der Waals surface area (Å²) in [7, 11) is 0. The van der Waals surface area contributed by atoms with Crippen LogP contribution in [0.15, 0.2) is 0 Å². The van der Waals surface area contributed by atoms with Crippen molar-refractivity contribution in [1.82, 2.24) is 25.5 Å². The minimum Gasteiger partial charge on any atom is -0.299 e. The maximum absolute atomic E-state index is 13.3. The molecule has 1 N–H and O–H groups in total. The fourth-order valence-corrected chi connectivity index (χ4v) is 1.29. The van der Waals surface area contributed by atoms with Crippen molar-refractivity contribution in [2.24, 2.45) is 0 Å². The molecule has 0 radical (unpaired) electrons. The van der Waals surface area contributed by atoms with Gasteiger partial charge in [-0.05, 0) is 45.0 Å². The summed E-state index contributed by atoms with van der Waals surface area (Å²) in [4.78, 5) is 0. The maximum Gasteiger partial charge on any atom is 0.262 e. The van der Waals surface area contributed by atoms with Crippen LogP contribution in [0.25, 0.3) is 0 Å². The Morgan fingerprint density at radius 1 is 1.11 bits per heavy atom. The summed E-state index contributed by atoms with van der Waals surface area (Å²) in [5, 5.41) is 14.1. The minimum absolute atomic E-state index is 0.195. The van der Waals surface area contributed by atoms with E-state index < -0.39 is 11.5 Å². The standard InChI is InChI=1S/C11H21F2N5/c1-9(2,3)18-8(15-16-17-18)7-14-10(4,5)11(6,12)13/h14H,7H2,1-6H3. The molecule has 0 bridgehead atoms. The van der Waals surface area contributed by atoms with Crippen molar-refractivity contribution in [2.45, 2.75) is 65.1 Å². The van der Waals surface area contributed by atoms with E-state index in [9.17, 15) is 8.78 Å². The molecule has 0 amide bonds. The molecule has 1 heterocycles. The van der Waals surface area contributed by atoms with Gasteiger partial charge >= 0.3 is 0 Å². The van der Waals surface area contributed by atoms with Crippen LogP contribution in [0.1, 0.15) is 47.4 Å². The van der Waals surface area contributed by atoms with E-state index in [1.54, 1.807) is 4.68 Å². The molecule has 18 heavy (non-hydrogen) atoms. The average Bonchev–Trinajstić information content (AvgIpc) is 2.59. The Morgan fingerprint density at radius 3 is 2.11 bits per heavy atom. The third kappa shape index (κ3) is 3.22. The largest absolute Gasteiger partial charge is 0.299 e. The van der Waals surface area contributed by atoms with Crippen LogP contribution in [-0.2, 0) is 12.1 Å². The smallest absolute Gasteiger partial charge is 0.262 e. The van der Waals surface area contributed by atoms with Gasteiger partial charge in [-0.15, -0.1) is 5.10 Å². The van der Waals surface area contributed by atoms with Crippen LogP contribution in [0.2, 0.25) is 0 Å². The van der Waals surface area contributed by atoms with Crippen LogP contribution < -0.4 is 5.32 Å². The van der Waals surface area contributed by atoms with Crippen LogP contribution in [-0.4, -0.2) is 31.7 Å². The van der Waals surface area contributed by atoms with Crippen molar-refractivity contribution in [3.8, 4) is 0 Å². The molecule has 0 fully saturated rings. The first-order valence-corrected chi connectivity index (χ1v) is 5.86. The second-order valence-corrected chi connectivity index (χ2v) is 6.04. The number of rotatable bonds is 4. The molecule has 0 saturated heterocycles. The van der Waals surface area contributed by atoms with Crippen molar-refractivity contribution in [3.05, 3.63) is 5.82 Å². The Hall–Kier alpha value is -1.11. The van der Waals surface area contributed by atoms with E-state index in [-0.39, 0.29) is 12.1 Å². The summed E-state index contributed by atoms with van der Waals surface area (Å²) in [6.07, 6.45) is 0. The van der Waals surface area contributed by atoms with Gasteiger partial charge in [0, 0.05) is 6.92 Å². The molecule has 5 nitrogen and oxygen atoms in total. The quantitative estimate of drug-likeness (QED) is 0.900. The van der Waals surface area contributed by atoms with Crippen molar-refractivity contribution in [3.63, 3.8) is 0 Å². The molecule has 0 aliphatic carbocycles. The van der Waals surface area contributed by atoms with E-state index in [2.05, 4.69) is 20.8 Å². The Kier molecular flexibility index (Phi) is 3.76. The van der Waals surface area contributed by atoms with Gasteiger partial charge in [-0.25, -0.2) is 13.5 Å². The summed E-state index contributed by atoms with van der Waals surface area (Å²) in [5.41, 5.74) is -1.60. The van der Waals surface area contributed by atoms with E-state index in [1.165, 1.54) is 13.8 Å². The molecular weight excluding hydrogens is 240 g/mol. The summed E-state index contributed by atoms with van der Waals surface area (Å²) in [5.74, 6) is -2.28. The summed E-state index contributed by atoms with van der Waals surface area (Å²) >= 11 is 0. The number of hydrogen-bond donors (Lipinski definition) is 1. The molecule has 0 atom stereocenters. The number of nitrogens with one attached hydrogen (secondary N) is 1. The topological polar surface area (TPSA) is 55.6 Å². The molecule has 1 aromatic rings. The molecule has 7 heteroatoms. The van der Waals surface area contributed by atoms with Crippen LogP contribution in [0.5, 0.6) is 0 Å². The van der Waals surface area contributed by atoms with Crippen molar-refractivity contribution in [1.29, 1.82) is 0 Å². The second kappa shape index (κ2) is 4.53. The van der Waals surface area contributed by atoms with Gasteiger partial charge in [-0.1, -0.05) is 0 Å². The van der Waals surface area contributed by atoms with Gasteiger partial charge in [0.15, 0.2) is 5.82 Å². The monoisotopic (exact) mass is 261 g/mol. The highest BCUT2D eigenvalue weighted by Crippen LogP contribution is 2.27. The molecular formula is C11H21F2N5. The molecule has 1 aromatic heterocycles. The highest BCUT2D eigenvalue weighted by molar-refractivity contribution is 4.94.